The first-order valence-electron chi connectivity index (χ1n) is 4.26. The van der Waals surface area contributed by atoms with Gasteiger partial charge in [0.25, 0.3) is 0 Å². The third-order valence-corrected chi connectivity index (χ3v) is 2.16. The summed E-state index contributed by atoms with van der Waals surface area (Å²) in [5, 5.41) is 1.18. The second-order valence-corrected chi connectivity index (χ2v) is 3.35. The van der Waals surface area contributed by atoms with E-state index >= 15 is 0 Å². The van der Waals surface area contributed by atoms with Crippen LogP contribution in [-0.2, 0) is 32.7 Å². The molecule has 2 rings (SSSR count). The molecule has 0 aliphatic heterocycles. The SMILES string of the molecule is CC(C)c1cc[c-]c2cc[nH]c12.[Y]. The van der Waals surface area contributed by atoms with Crippen LogP contribution in [0, 0.1) is 6.07 Å². The molecule has 0 amide bonds. The van der Waals surface area contributed by atoms with Gasteiger partial charge >= 0.3 is 0 Å². The predicted molar refractivity (Wildman–Crippen MR) is 51.2 cm³/mol. The van der Waals surface area contributed by atoms with Crippen molar-refractivity contribution >= 4 is 10.9 Å². The average Bonchev–Trinajstić information content (AvgIpc) is 2.49. The first kappa shape index (κ1) is 10.9. The zero-order valence-corrected chi connectivity index (χ0v) is 10.8. The van der Waals surface area contributed by atoms with Gasteiger partial charge < -0.3 is 4.98 Å². The van der Waals surface area contributed by atoms with Gasteiger partial charge in [0.15, 0.2) is 0 Å². The number of hydrogen-bond acceptors (Lipinski definition) is 0. The first-order chi connectivity index (χ1) is 5.79. The molecule has 1 aromatic carbocycles. The Morgan fingerprint density at radius 2 is 2.08 bits per heavy atom. The van der Waals surface area contributed by atoms with Gasteiger partial charge in [-0.15, -0.1) is 35.2 Å². The van der Waals surface area contributed by atoms with Crippen molar-refractivity contribution in [3.63, 3.8) is 0 Å². The van der Waals surface area contributed by atoms with Gasteiger partial charge in [0.05, 0.1) is 0 Å². The minimum Gasteiger partial charge on any atom is -0.409 e. The molecule has 0 aliphatic rings. The van der Waals surface area contributed by atoms with Crippen LogP contribution >= 0.6 is 0 Å². The quantitative estimate of drug-likeness (QED) is 0.745. The molecule has 1 N–H and O–H groups in total. The number of rotatable bonds is 1. The molecule has 2 heteroatoms. The summed E-state index contributed by atoms with van der Waals surface area (Å²) in [4.78, 5) is 3.24. The zero-order chi connectivity index (χ0) is 8.55. The van der Waals surface area contributed by atoms with Gasteiger partial charge in [0, 0.05) is 32.7 Å². The molecule has 65 valence electrons. The van der Waals surface area contributed by atoms with E-state index in [-0.39, 0.29) is 32.7 Å². The van der Waals surface area contributed by atoms with Crippen molar-refractivity contribution in [1.29, 1.82) is 0 Å². The van der Waals surface area contributed by atoms with Crippen LogP contribution in [-0.4, -0.2) is 4.98 Å². The van der Waals surface area contributed by atoms with Crippen LogP contribution in [0.2, 0.25) is 0 Å². The summed E-state index contributed by atoms with van der Waals surface area (Å²) in [6, 6.07) is 9.37. The number of aromatic nitrogens is 1. The topological polar surface area (TPSA) is 15.8 Å². The first-order valence-corrected chi connectivity index (χ1v) is 4.26. The Hall–Kier alpha value is -0.136. The Labute approximate surface area is 104 Å². The molecule has 1 nitrogen and oxygen atoms in total. The van der Waals surface area contributed by atoms with Gasteiger partial charge in [-0.2, -0.15) is 0 Å². The fourth-order valence-electron chi connectivity index (χ4n) is 1.51. The summed E-state index contributed by atoms with van der Waals surface area (Å²) in [5.74, 6) is 0.570. The molecule has 0 bridgehead atoms. The maximum Gasteiger partial charge on any atom is 0 e. The van der Waals surface area contributed by atoms with Crippen molar-refractivity contribution in [1.82, 2.24) is 4.98 Å². The molecule has 1 radical (unpaired) electrons. The van der Waals surface area contributed by atoms with Crippen molar-refractivity contribution in [2.45, 2.75) is 19.8 Å². The number of fused-ring (bicyclic) bond motifs is 1. The second kappa shape index (κ2) is 4.39. The summed E-state index contributed by atoms with van der Waals surface area (Å²) in [5.41, 5.74) is 2.60. The Bertz CT molecular complexity index is 390. The van der Waals surface area contributed by atoms with Crippen molar-refractivity contribution in [3.05, 3.63) is 36.0 Å². The van der Waals surface area contributed by atoms with Crippen LogP contribution in [0.4, 0.5) is 0 Å². The van der Waals surface area contributed by atoms with E-state index < -0.39 is 0 Å². The Kier molecular flexibility index (Phi) is 3.69. The molecule has 0 atom stereocenters. The normalized spacial score (nSPS) is 10.4. The molecule has 0 aliphatic carbocycles. The third-order valence-electron chi connectivity index (χ3n) is 2.16. The molecule has 0 fully saturated rings. The number of nitrogens with one attached hydrogen (secondary N) is 1. The average molecular weight is 247 g/mol. The maximum absolute atomic E-state index is 3.24. The number of benzene rings is 1. The third kappa shape index (κ3) is 2.03. The van der Waals surface area contributed by atoms with Crippen LogP contribution < -0.4 is 0 Å². The van der Waals surface area contributed by atoms with E-state index in [9.17, 15) is 0 Å². The minimum absolute atomic E-state index is 0. The molecule has 2 aromatic rings. The van der Waals surface area contributed by atoms with E-state index in [1.165, 1.54) is 16.5 Å². The van der Waals surface area contributed by atoms with Crippen molar-refractivity contribution < 1.29 is 32.7 Å². The van der Waals surface area contributed by atoms with Crippen LogP contribution in [0.1, 0.15) is 25.3 Å². The maximum atomic E-state index is 3.24. The summed E-state index contributed by atoms with van der Waals surface area (Å²) in [6.45, 7) is 4.41. The van der Waals surface area contributed by atoms with E-state index in [0.29, 0.717) is 5.92 Å². The molecule has 1 heterocycles. The largest absolute Gasteiger partial charge is 0.409 e. The van der Waals surface area contributed by atoms with Gasteiger partial charge in [0.1, 0.15) is 0 Å². The van der Waals surface area contributed by atoms with Gasteiger partial charge in [-0.05, 0) is 17.6 Å². The number of aromatic amines is 1. The molecular formula is C11H12NY-. The fourth-order valence-corrected chi connectivity index (χ4v) is 1.51. The minimum atomic E-state index is 0. The molecule has 0 saturated heterocycles. The molecule has 1 aromatic heterocycles. The van der Waals surface area contributed by atoms with E-state index in [2.05, 4.69) is 37.0 Å². The van der Waals surface area contributed by atoms with Crippen molar-refractivity contribution in [2.75, 3.05) is 0 Å². The molecule has 0 spiro atoms. The van der Waals surface area contributed by atoms with E-state index in [4.69, 9.17) is 0 Å². The van der Waals surface area contributed by atoms with Gasteiger partial charge in [-0.25, -0.2) is 0 Å². The van der Waals surface area contributed by atoms with Crippen LogP contribution in [0.5, 0.6) is 0 Å². The summed E-state index contributed by atoms with van der Waals surface area (Å²) in [7, 11) is 0. The second-order valence-electron chi connectivity index (χ2n) is 3.35. The van der Waals surface area contributed by atoms with Crippen LogP contribution in [0.15, 0.2) is 24.4 Å². The van der Waals surface area contributed by atoms with Crippen LogP contribution in [0.3, 0.4) is 0 Å². The molecule has 13 heavy (non-hydrogen) atoms. The smallest absolute Gasteiger partial charge is 0 e. The van der Waals surface area contributed by atoms with E-state index in [0.717, 1.165) is 0 Å². The number of hydrogen-bond donors (Lipinski definition) is 1. The standard InChI is InChI=1S/C11H12N.Y/c1-8(2)10-5-3-4-9-6-7-12-11(9)10;/h3,5-8,12H,1-2H3;/q-1;. The Morgan fingerprint density at radius 1 is 1.31 bits per heavy atom. The van der Waals surface area contributed by atoms with Crippen molar-refractivity contribution in [3.8, 4) is 0 Å². The number of H-pyrrole nitrogens is 1. The van der Waals surface area contributed by atoms with E-state index in [1.54, 1.807) is 0 Å². The van der Waals surface area contributed by atoms with Gasteiger partial charge in [-0.1, -0.05) is 13.8 Å². The molecule has 0 unspecified atom stereocenters. The van der Waals surface area contributed by atoms with Gasteiger partial charge in [-0.3, -0.25) is 0 Å². The summed E-state index contributed by atoms with van der Waals surface area (Å²) in [6.07, 6.45) is 1.97. The molecular weight excluding hydrogens is 235 g/mol. The predicted octanol–water partition coefficient (Wildman–Crippen LogP) is 3.09. The Morgan fingerprint density at radius 3 is 2.77 bits per heavy atom. The van der Waals surface area contributed by atoms with Crippen LogP contribution in [0.25, 0.3) is 10.9 Å². The van der Waals surface area contributed by atoms with E-state index in [1.807, 2.05) is 12.3 Å². The Balaban J connectivity index is 0.000000845. The fraction of sp³-hybridized carbons (Fsp3) is 0.273. The summed E-state index contributed by atoms with van der Waals surface area (Å²) < 4.78 is 0. The molecule has 0 saturated carbocycles. The van der Waals surface area contributed by atoms with Crippen molar-refractivity contribution in [2.24, 2.45) is 0 Å². The summed E-state index contributed by atoms with van der Waals surface area (Å²) >= 11 is 0. The zero-order valence-electron chi connectivity index (χ0n) is 7.96. The monoisotopic (exact) mass is 247 g/mol. The van der Waals surface area contributed by atoms with Gasteiger partial charge in [0.2, 0.25) is 0 Å².